The summed E-state index contributed by atoms with van der Waals surface area (Å²) < 4.78 is 235. The molecule has 0 fully saturated rings. The second kappa shape index (κ2) is 9.31. The zero-order valence-corrected chi connectivity index (χ0v) is 18.9. The molecule has 2 aromatic rings. The summed E-state index contributed by atoms with van der Waals surface area (Å²) in [6, 6.07) is -3.72. The Morgan fingerprint density at radius 2 is 0.514 bits per heavy atom. The zero-order valence-electron chi connectivity index (χ0n) is 16.5. The standard InChI is InChI=1S/C18H4F18Te/c19-13(20,21)5-1-7(15(25,26)27)11(8(2-5)16(28,29)30)37-12-9(17(31,32)33)3-6(14(22,23)24)4-10(12)18(34,35)36/h1-4H. The first kappa shape index (κ1) is 31.2. The van der Waals surface area contributed by atoms with Crippen LogP contribution in [-0.2, 0) is 37.1 Å². The molecule has 0 radical (unpaired) electrons. The molecule has 0 spiro atoms. The Balaban J connectivity index is 3.12. The van der Waals surface area contributed by atoms with E-state index in [1.54, 1.807) is 0 Å². The Bertz CT molecular complexity index is 993. The molecule has 0 aliphatic heterocycles. The van der Waals surface area contributed by atoms with Crippen molar-refractivity contribution in [3.8, 4) is 0 Å². The molecule has 0 saturated carbocycles. The molecule has 2 rings (SSSR count). The summed E-state index contributed by atoms with van der Waals surface area (Å²) in [6.45, 7) is 0. The first-order valence-electron chi connectivity index (χ1n) is 8.62. The third-order valence-corrected chi connectivity index (χ3v) is 7.93. The predicted molar refractivity (Wildman–Crippen MR) is 87.9 cm³/mol. The van der Waals surface area contributed by atoms with Gasteiger partial charge in [0.15, 0.2) is 0 Å². The summed E-state index contributed by atoms with van der Waals surface area (Å²) in [5.74, 6) is 0. The van der Waals surface area contributed by atoms with Crippen molar-refractivity contribution in [3.63, 3.8) is 0 Å². The number of hydrogen-bond donors (Lipinski definition) is 0. The van der Waals surface area contributed by atoms with Crippen LogP contribution >= 0.6 is 0 Å². The van der Waals surface area contributed by atoms with Gasteiger partial charge in [0.25, 0.3) is 0 Å². The van der Waals surface area contributed by atoms with E-state index < -0.39 is 123 Å². The van der Waals surface area contributed by atoms with E-state index in [0.717, 1.165) is 0 Å². The van der Waals surface area contributed by atoms with Gasteiger partial charge in [0, 0.05) is 0 Å². The van der Waals surface area contributed by atoms with E-state index in [4.69, 9.17) is 0 Å². The number of halogens is 18. The van der Waals surface area contributed by atoms with Crippen molar-refractivity contribution in [2.24, 2.45) is 0 Å². The van der Waals surface area contributed by atoms with Gasteiger partial charge in [0.1, 0.15) is 0 Å². The molecule has 0 aromatic heterocycles. The second-order valence-electron chi connectivity index (χ2n) is 6.89. The van der Waals surface area contributed by atoms with E-state index in [1.807, 2.05) is 0 Å². The minimum atomic E-state index is -6.15. The van der Waals surface area contributed by atoms with Gasteiger partial charge in [0.2, 0.25) is 0 Å². The van der Waals surface area contributed by atoms with Gasteiger partial charge in [-0.3, -0.25) is 0 Å². The average Bonchev–Trinajstić information content (AvgIpc) is 2.62. The van der Waals surface area contributed by atoms with Crippen LogP contribution in [0, 0.1) is 0 Å². The van der Waals surface area contributed by atoms with Gasteiger partial charge in [-0.05, 0) is 0 Å². The first-order chi connectivity index (χ1) is 16.1. The van der Waals surface area contributed by atoms with Crippen LogP contribution in [0.5, 0.6) is 0 Å². The van der Waals surface area contributed by atoms with Crippen LogP contribution in [0.1, 0.15) is 33.4 Å². The van der Waals surface area contributed by atoms with E-state index >= 15 is 0 Å². The third-order valence-electron chi connectivity index (χ3n) is 4.26. The van der Waals surface area contributed by atoms with Gasteiger partial charge in [-0.1, -0.05) is 0 Å². The Morgan fingerprint density at radius 3 is 0.649 bits per heavy atom. The number of hydrogen-bond acceptors (Lipinski definition) is 0. The Morgan fingerprint density at radius 1 is 0.324 bits per heavy atom. The van der Waals surface area contributed by atoms with Gasteiger partial charge < -0.3 is 0 Å². The SMILES string of the molecule is FC(F)(F)c1cc(C(F)(F)F)c([Te]c2c(C(F)(F)F)cc(C(F)(F)F)cc2C(F)(F)F)c(C(F)(F)F)c1. The van der Waals surface area contributed by atoms with Crippen molar-refractivity contribution in [1.82, 2.24) is 0 Å². The summed E-state index contributed by atoms with van der Waals surface area (Å²) in [7, 11) is 0. The number of benzene rings is 2. The van der Waals surface area contributed by atoms with Crippen LogP contribution in [0.2, 0.25) is 0 Å². The van der Waals surface area contributed by atoms with Crippen LogP contribution in [0.3, 0.4) is 0 Å². The van der Waals surface area contributed by atoms with E-state index in [2.05, 4.69) is 0 Å². The molecule has 0 nitrogen and oxygen atoms in total. The molecule has 208 valence electrons. The fourth-order valence-electron chi connectivity index (χ4n) is 2.75. The maximum absolute atomic E-state index is 13.5. The summed E-state index contributed by atoms with van der Waals surface area (Å²) in [6.07, 6.45) is -36.3. The molecule has 0 unspecified atom stereocenters. The molecular weight excluding hydrogens is 686 g/mol. The van der Waals surface area contributed by atoms with Crippen molar-refractivity contribution in [2.45, 2.75) is 37.1 Å². The fraction of sp³-hybridized carbons (Fsp3) is 0.333. The molecule has 0 saturated heterocycles. The van der Waals surface area contributed by atoms with Gasteiger partial charge in [0.05, 0.1) is 0 Å². The van der Waals surface area contributed by atoms with Crippen molar-refractivity contribution >= 4 is 28.1 Å². The fourth-order valence-corrected chi connectivity index (χ4v) is 6.58. The van der Waals surface area contributed by atoms with Crippen LogP contribution in [0.25, 0.3) is 0 Å². The molecule has 0 amide bonds. The molecular formula is C18H4F18Te. The molecule has 0 heterocycles. The summed E-state index contributed by atoms with van der Waals surface area (Å²) >= 11 is -4.29. The summed E-state index contributed by atoms with van der Waals surface area (Å²) in [5.41, 5.74) is -16.5. The second-order valence-corrected chi connectivity index (χ2v) is 9.80. The quantitative estimate of drug-likeness (QED) is 0.227. The minimum absolute atomic E-state index is 0.931. The average molecular weight is 690 g/mol. The monoisotopic (exact) mass is 692 g/mol. The molecule has 0 N–H and O–H groups in total. The predicted octanol–water partition coefficient (Wildman–Crippen LogP) is 7.45. The van der Waals surface area contributed by atoms with Gasteiger partial charge in [-0.15, -0.1) is 0 Å². The summed E-state index contributed by atoms with van der Waals surface area (Å²) in [5, 5.41) is 0. The van der Waals surface area contributed by atoms with Gasteiger partial charge in [-0.2, -0.15) is 0 Å². The molecule has 19 heteroatoms. The Hall–Kier alpha value is -2.03. The molecule has 0 aliphatic carbocycles. The van der Waals surface area contributed by atoms with E-state index in [-0.39, 0.29) is 0 Å². The first-order valence-corrected chi connectivity index (χ1v) is 10.9. The van der Waals surface area contributed by atoms with Crippen molar-refractivity contribution in [1.29, 1.82) is 0 Å². The third kappa shape index (κ3) is 7.09. The molecule has 0 aliphatic rings. The van der Waals surface area contributed by atoms with Crippen molar-refractivity contribution in [3.05, 3.63) is 57.6 Å². The number of rotatable bonds is 2. The van der Waals surface area contributed by atoms with Crippen LogP contribution < -0.4 is 7.22 Å². The zero-order chi connectivity index (χ0) is 29.2. The van der Waals surface area contributed by atoms with Crippen molar-refractivity contribution < 1.29 is 79.0 Å². The topological polar surface area (TPSA) is 0 Å². The Kier molecular flexibility index (Phi) is 7.85. The number of alkyl halides is 18. The van der Waals surface area contributed by atoms with E-state index in [1.165, 1.54) is 0 Å². The molecule has 2 aromatic carbocycles. The summed E-state index contributed by atoms with van der Waals surface area (Å²) in [4.78, 5) is 0. The van der Waals surface area contributed by atoms with E-state index in [0.29, 0.717) is 0 Å². The molecule has 37 heavy (non-hydrogen) atoms. The van der Waals surface area contributed by atoms with E-state index in [9.17, 15) is 79.0 Å². The molecule has 0 bridgehead atoms. The normalized spacial score (nSPS) is 14.3. The molecule has 0 atom stereocenters. The van der Waals surface area contributed by atoms with Crippen LogP contribution in [-0.4, -0.2) is 20.9 Å². The van der Waals surface area contributed by atoms with Crippen LogP contribution in [0.4, 0.5) is 79.0 Å². The van der Waals surface area contributed by atoms with Gasteiger partial charge in [-0.25, -0.2) is 0 Å². The Labute approximate surface area is 202 Å². The maximum atomic E-state index is 13.5. The van der Waals surface area contributed by atoms with Gasteiger partial charge >= 0.3 is 202 Å². The van der Waals surface area contributed by atoms with Crippen LogP contribution in [0.15, 0.2) is 24.3 Å². The van der Waals surface area contributed by atoms with Crippen molar-refractivity contribution in [2.75, 3.05) is 0 Å².